The molecule has 0 heterocycles. The van der Waals surface area contributed by atoms with E-state index in [4.69, 9.17) is 4.74 Å². The first-order valence-corrected chi connectivity index (χ1v) is 9.82. The average molecular weight is 332 g/mol. The van der Waals surface area contributed by atoms with Crippen molar-refractivity contribution >= 4 is 11.8 Å². The molecule has 6 atom stereocenters. The number of carbonyl (C=O) groups excluding carboxylic acids is 2. The Morgan fingerprint density at radius 2 is 1.75 bits per heavy atom. The Morgan fingerprint density at radius 1 is 1.04 bits per heavy atom. The molecule has 4 aliphatic rings. The highest BCUT2D eigenvalue weighted by atomic mass is 16.5. The van der Waals surface area contributed by atoms with E-state index in [-0.39, 0.29) is 27.6 Å². The van der Waals surface area contributed by atoms with Gasteiger partial charge in [-0.05, 0) is 74.5 Å². The summed E-state index contributed by atoms with van der Waals surface area (Å²) in [6.45, 7) is 6.85. The van der Waals surface area contributed by atoms with Gasteiger partial charge in [-0.25, -0.2) is 0 Å². The van der Waals surface area contributed by atoms with Gasteiger partial charge < -0.3 is 4.74 Å². The van der Waals surface area contributed by atoms with E-state index in [0.717, 1.165) is 38.5 Å². The Morgan fingerprint density at radius 3 is 2.46 bits per heavy atom. The zero-order valence-electron chi connectivity index (χ0n) is 15.7. The second-order valence-electron chi connectivity index (χ2n) is 10.2. The van der Waals surface area contributed by atoms with E-state index >= 15 is 0 Å². The standard InChI is InChI=1S/C21H32O3/c1-18-10-6-15-19(2)8-5-9-20(3,17(23)24-4)14(19)7-11-21(15,13-18)16(22)12-18/h14-15H,5-13H2,1-4H3/t14-,15-,18+,19+,20+,21-/m0/s1. The van der Waals surface area contributed by atoms with Gasteiger partial charge in [0.15, 0.2) is 0 Å². The molecule has 0 radical (unpaired) electrons. The molecule has 0 saturated heterocycles. The van der Waals surface area contributed by atoms with Gasteiger partial charge in [0.25, 0.3) is 0 Å². The van der Waals surface area contributed by atoms with Gasteiger partial charge in [-0.1, -0.05) is 20.3 Å². The normalized spacial score (nSPS) is 53.2. The Bertz CT molecular complexity index is 598. The summed E-state index contributed by atoms with van der Waals surface area (Å²) >= 11 is 0. The maximum absolute atomic E-state index is 13.1. The third-order valence-electron chi connectivity index (χ3n) is 8.89. The van der Waals surface area contributed by atoms with E-state index in [0.29, 0.717) is 17.6 Å². The number of Topliss-reactive ketones (excluding diaryl/α,β-unsaturated/α-hetero) is 1. The molecule has 0 amide bonds. The number of fused-ring (bicyclic) bond motifs is 3. The first kappa shape index (κ1) is 16.6. The fourth-order valence-corrected chi connectivity index (χ4v) is 7.97. The molecule has 2 bridgehead atoms. The lowest BCUT2D eigenvalue weighted by Crippen LogP contribution is -2.60. The van der Waals surface area contributed by atoms with Gasteiger partial charge in [-0.3, -0.25) is 9.59 Å². The molecule has 0 N–H and O–H groups in total. The molecule has 0 aromatic carbocycles. The highest BCUT2D eigenvalue weighted by Crippen LogP contribution is 2.72. The Kier molecular flexibility index (Phi) is 3.36. The van der Waals surface area contributed by atoms with Crippen molar-refractivity contribution < 1.29 is 14.3 Å². The van der Waals surface area contributed by atoms with Crippen molar-refractivity contribution in [3.05, 3.63) is 0 Å². The summed E-state index contributed by atoms with van der Waals surface area (Å²) in [7, 11) is 1.52. The maximum Gasteiger partial charge on any atom is 0.311 e. The van der Waals surface area contributed by atoms with Crippen LogP contribution in [0.25, 0.3) is 0 Å². The lowest BCUT2D eigenvalue weighted by molar-refractivity contribution is -0.186. The van der Waals surface area contributed by atoms with Gasteiger partial charge in [-0.2, -0.15) is 0 Å². The second-order valence-corrected chi connectivity index (χ2v) is 10.2. The molecule has 0 aromatic rings. The number of methoxy groups -OCH3 is 1. The van der Waals surface area contributed by atoms with Crippen LogP contribution in [0.4, 0.5) is 0 Å². The van der Waals surface area contributed by atoms with Gasteiger partial charge in [0.05, 0.1) is 12.5 Å². The van der Waals surface area contributed by atoms with Crippen molar-refractivity contribution in [1.82, 2.24) is 0 Å². The number of hydrogen-bond acceptors (Lipinski definition) is 3. The minimum Gasteiger partial charge on any atom is -0.469 e. The van der Waals surface area contributed by atoms with E-state index in [2.05, 4.69) is 20.8 Å². The summed E-state index contributed by atoms with van der Waals surface area (Å²) in [5, 5.41) is 0. The molecule has 4 aliphatic carbocycles. The SMILES string of the molecule is COC(=O)[C@]1(C)CCC[C@@]2(C)[C@@H]3CC[C@]4(C)CC(=O)[C@@]3(CC[C@@H]21)C4. The Labute approximate surface area is 145 Å². The van der Waals surface area contributed by atoms with Gasteiger partial charge in [0.2, 0.25) is 0 Å². The quantitative estimate of drug-likeness (QED) is 0.663. The first-order valence-electron chi connectivity index (χ1n) is 9.82. The van der Waals surface area contributed by atoms with E-state index in [1.807, 2.05) is 0 Å². The number of carbonyl (C=O) groups is 2. The monoisotopic (exact) mass is 332 g/mol. The molecule has 0 unspecified atom stereocenters. The van der Waals surface area contributed by atoms with E-state index in [1.54, 1.807) is 0 Å². The van der Waals surface area contributed by atoms with Gasteiger partial charge in [0, 0.05) is 11.8 Å². The zero-order chi connectivity index (χ0) is 17.4. The largest absolute Gasteiger partial charge is 0.469 e. The maximum atomic E-state index is 13.1. The predicted molar refractivity (Wildman–Crippen MR) is 92.3 cm³/mol. The third kappa shape index (κ3) is 1.85. The van der Waals surface area contributed by atoms with Crippen LogP contribution in [0.2, 0.25) is 0 Å². The van der Waals surface area contributed by atoms with E-state index < -0.39 is 0 Å². The van der Waals surface area contributed by atoms with Crippen molar-refractivity contribution in [2.45, 2.75) is 78.6 Å². The van der Waals surface area contributed by atoms with E-state index in [1.165, 1.54) is 26.4 Å². The van der Waals surface area contributed by atoms with Gasteiger partial charge >= 0.3 is 5.97 Å². The van der Waals surface area contributed by atoms with Crippen LogP contribution in [0.1, 0.15) is 78.6 Å². The summed E-state index contributed by atoms with van der Waals surface area (Å²) < 4.78 is 5.21. The molecule has 0 aliphatic heterocycles. The smallest absolute Gasteiger partial charge is 0.311 e. The molecule has 24 heavy (non-hydrogen) atoms. The summed E-state index contributed by atoms with van der Waals surface area (Å²) in [6, 6.07) is 0. The fraction of sp³-hybridized carbons (Fsp3) is 0.905. The molecule has 0 aromatic heterocycles. The van der Waals surface area contributed by atoms with Crippen LogP contribution < -0.4 is 0 Å². The third-order valence-corrected chi connectivity index (χ3v) is 8.89. The molecular weight excluding hydrogens is 300 g/mol. The fourth-order valence-electron chi connectivity index (χ4n) is 7.97. The van der Waals surface area contributed by atoms with Crippen molar-refractivity contribution in [2.24, 2.45) is 33.5 Å². The van der Waals surface area contributed by atoms with Crippen LogP contribution in [-0.4, -0.2) is 18.9 Å². The van der Waals surface area contributed by atoms with Crippen LogP contribution in [0.3, 0.4) is 0 Å². The zero-order valence-corrected chi connectivity index (χ0v) is 15.7. The minimum atomic E-state index is -0.369. The molecule has 4 rings (SSSR count). The molecular formula is C21H32O3. The minimum absolute atomic E-state index is 0.0345. The lowest BCUT2D eigenvalue weighted by atomic mass is 9.40. The highest BCUT2D eigenvalue weighted by molar-refractivity contribution is 5.89. The molecule has 4 fully saturated rings. The average Bonchev–Trinajstić information content (AvgIpc) is 2.70. The van der Waals surface area contributed by atoms with Crippen molar-refractivity contribution in [1.29, 1.82) is 0 Å². The first-order chi connectivity index (χ1) is 11.2. The highest BCUT2D eigenvalue weighted by Gasteiger charge is 2.69. The van der Waals surface area contributed by atoms with Gasteiger partial charge in [-0.15, -0.1) is 0 Å². The Hall–Kier alpha value is -0.860. The number of esters is 1. The number of hydrogen-bond donors (Lipinski definition) is 0. The van der Waals surface area contributed by atoms with E-state index in [9.17, 15) is 9.59 Å². The molecule has 1 spiro atoms. The summed E-state index contributed by atoms with van der Waals surface area (Å²) in [4.78, 5) is 25.7. The number of ether oxygens (including phenoxy) is 1. The molecule has 3 heteroatoms. The topological polar surface area (TPSA) is 43.4 Å². The van der Waals surface area contributed by atoms with Crippen LogP contribution in [0, 0.1) is 33.5 Å². The van der Waals surface area contributed by atoms with Crippen LogP contribution in [0.5, 0.6) is 0 Å². The Balaban J connectivity index is 1.76. The van der Waals surface area contributed by atoms with Crippen molar-refractivity contribution in [3.63, 3.8) is 0 Å². The summed E-state index contributed by atoms with van der Waals surface area (Å²) in [5.74, 6) is 1.33. The van der Waals surface area contributed by atoms with Gasteiger partial charge in [0.1, 0.15) is 5.78 Å². The molecule has 3 nitrogen and oxygen atoms in total. The number of ketones is 1. The van der Waals surface area contributed by atoms with Crippen LogP contribution >= 0.6 is 0 Å². The van der Waals surface area contributed by atoms with Crippen LogP contribution in [-0.2, 0) is 14.3 Å². The number of rotatable bonds is 1. The predicted octanol–water partition coefficient (Wildman–Crippen LogP) is 4.53. The summed E-state index contributed by atoms with van der Waals surface area (Å²) in [5.41, 5.74) is -0.0871. The summed E-state index contributed by atoms with van der Waals surface area (Å²) in [6.07, 6.45) is 9.44. The molecule has 4 saturated carbocycles. The van der Waals surface area contributed by atoms with Crippen LogP contribution in [0.15, 0.2) is 0 Å². The van der Waals surface area contributed by atoms with Crippen molar-refractivity contribution in [2.75, 3.05) is 7.11 Å². The second kappa shape index (κ2) is 4.86. The molecule has 134 valence electrons. The van der Waals surface area contributed by atoms with Crippen molar-refractivity contribution in [3.8, 4) is 0 Å². The lowest BCUT2D eigenvalue weighted by Gasteiger charge is -2.63.